The number of ether oxygens (including phenoxy) is 1. The van der Waals surface area contributed by atoms with E-state index >= 15 is 0 Å². The number of benzene rings is 1. The van der Waals surface area contributed by atoms with Gasteiger partial charge in [-0.3, -0.25) is 4.79 Å². The van der Waals surface area contributed by atoms with Gasteiger partial charge in [0.1, 0.15) is 5.82 Å². The van der Waals surface area contributed by atoms with Gasteiger partial charge in [0, 0.05) is 32.2 Å². The van der Waals surface area contributed by atoms with E-state index in [0.717, 1.165) is 0 Å². The van der Waals surface area contributed by atoms with Crippen molar-refractivity contribution in [3.8, 4) is 11.8 Å². The van der Waals surface area contributed by atoms with Crippen molar-refractivity contribution in [3.05, 3.63) is 35.1 Å². The number of hydrogen-bond acceptors (Lipinski definition) is 3. The quantitative estimate of drug-likeness (QED) is 0.812. The number of nitrogens with zero attached hydrogens (tertiary/aromatic N) is 1. The highest BCUT2D eigenvalue weighted by Gasteiger charge is 2.17. The lowest BCUT2D eigenvalue weighted by Crippen LogP contribution is -2.34. The Morgan fingerprint density at radius 3 is 2.81 bits per heavy atom. The lowest BCUT2D eigenvalue weighted by molar-refractivity contribution is 0.0702. The van der Waals surface area contributed by atoms with Crippen molar-refractivity contribution < 1.29 is 19.0 Å². The first-order valence-corrected chi connectivity index (χ1v) is 6.81. The summed E-state index contributed by atoms with van der Waals surface area (Å²) in [5.74, 6) is 4.50. The number of aliphatic hydroxyl groups is 1. The first-order valence-electron chi connectivity index (χ1n) is 6.81. The third-order valence-corrected chi connectivity index (χ3v) is 2.90. The van der Waals surface area contributed by atoms with Gasteiger partial charge in [-0.05, 0) is 25.1 Å². The molecule has 21 heavy (non-hydrogen) atoms. The van der Waals surface area contributed by atoms with Crippen molar-refractivity contribution in [1.29, 1.82) is 0 Å². The topological polar surface area (TPSA) is 49.8 Å². The molecule has 1 aromatic carbocycles. The van der Waals surface area contributed by atoms with E-state index in [2.05, 4.69) is 11.8 Å². The lowest BCUT2D eigenvalue weighted by Gasteiger charge is -2.20. The van der Waals surface area contributed by atoms with Crippen LogP contribution in [0.4, 0.5) is 4.39 Å². The normalized spacial score (nSPS) is 9.90. The third kappa shape index (κ3) is 5.18. The number of hydrogen-bond donors (Lipinski definition) is 1. The summed E-state index contributed by atoms with van der Waals surface area (Å²) in [6.45, 7) is 3.12. The van der Waals surface area contributed by atoms with E-state index in [9.17, 15) is 9.18 Å². The summed E-state index contributed by atoms with van der Waals surface area (Å²) in [5, 5.41) is 8.64. The van der Waals surface area contributed by atoms with Crippen LogP contribution in [0.5, 0.6) is 0 Å². The SMILES string of the molecule is CCN(CCOC)C(=O)c1ccc(C#CCCO)cc1F. The highest BCUT2D eigenvalue weighted by atomic mass is 19.1. The van der Waals surface area contributed by atoms with Gasteiger partial charge in [-0.25, -0.2) is 4.39 Å². The summed E-state index contributed by atoms with van der Waals surface area (Å²) in [6, 6.07) is 4.28. The van der Waals surface area contributed by atoms with Gasteiger partial charge in [-0.15, -0.1) is 0 Å². The monoisotopic (exact) mass is 293 g/mol. The molecule has 0 aromatic heterocycles. The molecule has 0 fully saturated rings. The molecule has 0 radical (unpaired) electrons. The van der Waals surface area contributed by atoms with Crippen LogP contribution in [0.15, 0.2) is 18.2 Å². The molecule has 4 nitrogen and oxygen atoms in total. The van der Waals surface area contributed by atoms with Crippen LogP contribution in [0.1, 0.15) is 29.3 Å². The largest absolute Gasteiger partial charge is 0.395 e. The van der Waals surface area contributed by atoms with Gasteiger partial charge < -0.3 is 14.7 Å². The van der Waals surface area contributed by atoms with Crippen LogP contribution < -0.4 is 0 Å². The fourth-order valence-electron chi connectivity index (χ4n) is 1.76. The Labute approximate surface area is 124 Å². The molecule has 0 aliphatic heterocycles. The zero-order valence-corrected chi connectivity index (χ0v) is 12.4. The first kappa shape index (κ1) is 17.2. The minimum absolute atomic E-state index is 0.0284. The van der Waals surface area contributed by atoms with Gasteiger partial charge in [-0.1, -0.05) is 11.8 Å². The molecule has 0 aliphatic rings. The Kier molecular flexibility index (Phi) is 7.44. The summed E-state index contributed by atoms with van der Waals surface area (Å²) >= 11 is 0. The second-order valence-electron chi connectivity index (χ2n) is 4.35. The van der Waals surface area contributed by atoms with Gasteiger partial charge in [0.05, 0.1) is 18.8 Å². The van der Waals surface area contributed by atoms with Crippen LogP contribution in [0, 0.1) is 17.7 Å². The standard InChI is InChI=1S/C16H20FNO3/c1-3-18(9-11-21-2)16(20)14-8-7-13(12-15(14)17)6-4-5-10-19/h7-8,12,19H,3,5,9-11H2,1-2H3. The molecule has 1 aromatic rings. The molecule has 0 bridgehead atoms. The Morgan fingerprint density at radius 1 is 1.48 bits per heavy atom. The first-order chi connectivity index (χ1) is 10.1. The molecule has 0 spiro atoms. The summed E-state index contributed by atoms with van der Waals surface area (Å²) in [7, 11) is 1.55. The van der Waals surface area contributed by atoms with E-state index in [1.54, 1.807) is 13.2 Å². The fraction of sp³-hybridized carbons (Fsp3) is 0.438. The third-order valence-electron chi connectivity index (χ3n) is 2.90. The van der Waals surface area contributed by atoms with Crippen LogP contribution >= 0.6 is 0 Å². The Balaban J connectivity index is 2.88. The van der Waals surface area contributed by atoms with Crippen molar-refractivity contribution in [2.45, 2.75) is 13.3 Å². The molecule has 1 N–H and O–H groups in total. The molecule has 1 rings (SSSR count). The number of methoxy groups -OCH3 is 1. The molecule has 5 heteroatoms. The van der Waals surface area contributed by atoms with Gasteiger partial charge in [-0.2, -0.15) is 0 Å². The summed E-state index contributed by atoms with van der Waals surface area (Å²) in [6.07, 6.45) is 0.336. The smallest absolute Gasteiger partial charge is 0.256 e. The maximum atomic E-state index is 14.0. The Bertz CT molecular complexity index is 534. The van der Waals surface area contributed by atoms with Gasteiger partial charge in [0.2, 0.25) is 0 Å². The van der Waals surface area contributed by atoms with E-state index in [0.29, 0.717) is 31.7 Å². The maximum Gasteiger partial charge on any atom is 0.256 e. The average molecular weight is 293 g/mol. The number of carbonyl (C=O) groups is 1. The maximum absolute atomic E-state index is 14.0. The Morgan fingerprint density at radius 2 is 2.24 bits per heavy atom. The van der Waals surface area contributed by atoms with Crippen LogP contribution in [-0.2, 0) is 4.74 Å². The molecule has 0 unspecified atom stereocenters. The molecule has 114 valence electrons. The highest BCUT2D eigenvalue weighted by molar-refractivity contribution is 5.94. The Hall–Kier alpha value is -1.90. The van der Waals surface area contributed by atoms with Crippen molar-refractivity contribution in [3.63, 3.8) is 0 Å². The zero-order valence-electron chi connectivity index (χ0n) is 12.4. The van der Waals surface area contributed by atoms with E-state index in [1.807, 2.05) is 6.92 Å². The van der Waals surface area contributed by atoms with E-state index in [1.165, 1.54) is 17.0 Å². The van der Waals surface area contributed by atoms with Crippen molar-refractivity contribution in [2.75, 3.05) is 33.4 Å². The van der Waals surface area contributed by atoms with E-state index in [4.69, 9.17) is 9.84 Å². The molecule has 0 heterocycles. The predicted molar refractivity (Wildman–Crippen MR) is 78.4 cm³/mol. The number of halogens is 1. The number of carbonyl (C=O) groups excluding carboxylic acids is 1. The van der Waals surface area contributed by atoms with Gasteiger partial charge >= 0.3 is 0 Å². The minimum atomic E-state index is -0.591. The molecule has 0 saturated heterocycles. The minimum Gasteiger partial charge on any atom is -0.395 e. The number of likely N-dealkylation sites (N-methyl/N-ethyl adjacent to an activating group) is 1. The average Bonchev–Trinajstić information content (AvgIpc) is 2.48. The summed E-state index contributed by atoms with van der Waals surface area (Å²) in [4.78, 5) is 13.8. The van der Waals surface area contributed by atoms with E-state index in [-0.39, 0.29) is 18.1 Å². The lowest BCUT2D eigenvalue weighted by atomic mass is 10.1. The predicted octanol–water partition coefficient (Wildman–Crippen LogP) is 1.67. The second-order valence-corrected chi connectivity index (χ2v) is 4.35. The number of rotatable bonds is 6. The van der Waals surface area contributed by atoms with Crippen LogP contribution in [0.3, 0.4) is 0 Å². The van der Waals surface area contributed by atoms with Crippen molar-refractivity contribution >= 4 is 5.91 Å². The van der Waals surface area contributed by atoms with E-state index < -0.39 is 5.82 Å². The molecule has 0 atom stereocenters. The van der Waals surface area contributed by atoms with Gasteiger partial charge in [0.15, 0.2) is 0 Å². The zero-order chi connectivity index (χ0) is 15.7. The molecule has 0 saturated carbocycles. The number of amides is 1. The molecule has 0 aliphatic carbocycles. The van der Waals surface area contributed by atoms with Crippen LogP contribution in [-0.4, -0.2) is 49.3 Å². The van der Waals surface area contributed by atoms with Crippen molar-refractivity contribution in [1.82, 2.24) is 4.90 Å². The van der Waals surface area contributed by atoms with Crippen LogP contribution in [0.25, 0.3) is 0 Å². The molecule has 1 amide bonds. The summed E-state index contributed by atoms with van der Waals surface area (Å²) < 4.78 is 19.0. The number of aliphatic hydroxyl groups excluding tert-OH is 1. The van der Waals surface area contributed by atoms with Crippen LogP contribution in [0.2, 0.25) is 0 Å². The molecular weight excluding hydrogens is 273 g/mol. The van der Waals surface area contributed by atoms with Gasteiger partial charge in [0.25, 0.3) is 5.91 Å². The molecular formula is C16H20FNO3. The highest BCUT2D eigenvalue weighted by Crippen LogP contribution is 2.13. The fourth-order valence-corrected chi connectivity index (χ4v) is 1.76. The van der Waals surface area contributed by atoms with Crippen molar-refractivity contribution in [2.24, 2.45) is 0 Å². The summed E-state index contributed by atoms with van der Waals surface area (Å²) in [5.41, 5.74) is 0.512. The second kappa shape index (κ2) is 9.11.